The van der Waals surface area contributed by atoms with Gasteiger partial charge in [0.15, 0.2) is 6.61 Å². The Morgan fingerprint density at radius 3 is 2.20 bits per heavy atom. The minimum atomic E-state index is -4.58. The van der Waals surface area contributed by atoms with E-state index in [1.807, 2.05) is 13.8 Å². The molecule has 30 heavy (non-hydrogen) atoms. The molecule has 10 heteroatoms. The average Bonchev–Trinajstić information content (AvgIpc) is 2.73. The van der Waals surface area contributed by atoms with Gasteiger partial charge in [-0.15, -0.1) is 0 Å². The lowest BCUT2D eigenvalue weighted by molar-refractivity contribution is -0.153. The van der Waals surface area contributed by atoms with Gasteiger partial charge in [-0.1, -0.05) is 32.0 Å². The topological polar surface area (TPSA) is 48.0 Å². The first kappa shape index (κ1) is 25.5. The SMILES string of the molecule is CC.COB(OC)c1ccc(N(C)C(=O)c2ccccc2F)c(OCC(F)(F)F)c1. The molecule has 0 aliphatic heterocycles. The van der Waals surface area contributed by atoms with E-state index in [1.165, 1.54) is 57.7 Å². The summed E-state index contributed by atoms with van der Waals surface area (Å²) in [5, 5.41) is 0. The minimum absolute atomic E-state index is 0.0345. The average molecular weight is 429 g/mol. The van der Waals surface area contributed by atoms with Gasteiger partial charge in [-0.05, 0) is 29.7 Å². The summed E-state index contributed by atoms with van der Waals surface area (Å²) in [6.45, 7) is 2.44. The minimum Gasteiger partial charge on any atom is -0.482 e. The van der Waals surface area contributed by atoms with E-state index in [0.29, 0.717) is 5.46 Å². The van der Waals surface area contributed by atoms with Crippen molar-refractivity contribution < 1.29 is 36.4 Å². The predicted molar refractivity (Wildman–Crippen MR) is 108 cm³/mol. The number of anilines is 1. The van der Waals surface area contributed by atoms with Gasteiger partial charge in [0.2, 0.25) is 0 Å². The largest absolute Gasteiger partial charge is 0.493 e. The summed E-state index contributed by atoms with van der Waals surface area (Å²) in [5.74, 6) is -1.70. The summed E-state index contributed by atoms with van der Waals surface area (Å²) in [6, 6.07) is 9.48. The molecular formula is C20H24BF4NO4. The molecule has 2 aromatic carbocycles. The van der Waals surface area contributed by atoms with Gasteiger partial charge >= 0.3 is 13.3 Å². The van der Waals surface area contributed by atoms with E-state index in [0.717, 1.165) is 11.0 Å². The van der Waals surface area contributed by atoms with E-state index in [1.54, 1.807) is 0 Å². The quantitative estimate of drug-likeness (QED) is 0.492. The lowest BCUT2D eigenvalue weighted by atomic mass is 9.79. The van der Waals surface area contributed by atoms with Crippen LogP contribution in [0.2, 0.25) is 0 Å². The number of rotatable bonds is 7. The van der Waals surface area contributed by atoms with Gasteiger partial charge in [0, 0.05) is 21.3 Å². The molecule has 0 atom stereocenters. The Hall–Kier alpha value is -2.59. The maximum absolute atomic E-state index is 13.9. The zero-order valence-corrected chi connectivity index (χ0v) is 17.4. The fourth-order valence-corrected chi connectivity index (χ4v) is 2.52. The summed E-state index contributed by atoms with van der Waals surface area (Å²) in [7, 11) is 3.21. The van der Waals surface area contributed by atoms with Crippen molar-refractivity contribution in [1.29, 1.82) is 0 Å². The lowest BCUT2D eigenvalue weighted by Crippen LogP contribution is -2.36. The first-order valence-electron chi connectivity index (χ1n) is 9.09. The van der Waals surface area contributed by atoms with Gasteiger partial charge in [-0.2, -0.15) is 13.2 Å². The monoisotopic (exact) mass is 429 g/mol. The van der Waals surface area contributed by atoms with Crippen LogP contribution in [0.5, 0.6) is 5.75 Å². The van der Waals surface area contributed by atoms with Crippen LogP contribution in [-0.4, -0.2) is 47.1 Å². The molecule has 5 nitrogen and oxygen atoms in total. The number of ether oxygens (including phenoxy) is 1. The second-order valence-corrected chi connectivity index (χ2v) is 5.78. The van der Waals surface area contributed by atoms with E-state index < -0.39 is 31.6 Å². The van der Waals surface area contributed by atoms with Gasteiger partial charge in [0.05, 0.1) is 11.3 Å². The normalized spacial score (nSPS) is 10.7. The number of nitrogens with zero attached hydrogens (tertiary/aromatic N) is 1. The maximum Gasteiger partial charge on any atom is 0.493 e. The molecule has 2 aromatic rings. The molecule has 0 aromatic heterocycles. The highest BCUT2D eigenvalue weighted by atomic mass is 19.4. The first-order chi connectivity index (χ1) is 14.2. The second-order valence-electron chi connectivity index (χ2n) is 5.78. The molecule has 0 spiro atoms. The molecule has 0 aliphatic rings. The zero-order valence-electron chi connectivity index (χ0n) is 17.4. The summed E-state index contributed by atoms with van der Waals surface area (Å²) in [5.41, 5.74) is 0.201. The van der Waals surface area contributed by atoms with Crippen LogP contribution < -0.4 is 15.1 Å². The Morgan fingerprint density at radius 2 is 1.67 bits per heavy atom. The summed E-state index contributed by atoms with van der Waals surface area (Å²) >= 11 is 0. The molecular weight excluding hydrogens is 405 g/mol. The molecule has 0 bridgehead atoms. The van der Waals surface area contributed by atoms with Crippen molar-refractivity contribution in [1.82, 2.24) is 0 Å². The van der Waals surface area contributed by atoms with Crippen LogP contribution in [0.3, 0.4) is 0 Å². The number of carbonyl (C=O) groups excluding carboxylic acids is 1. The third kappa shape index (κ3) is 6.74. The lowest BCUT2D eigenvalue weighted by Gasteiger charge is -2.22. The number of carbonyl (C=O) groups is 1. The summed E-state index contributed by atoms with van der Waals surface area (Å²) in [6.07, 6.45) is -4.58. The number of hydrogen-bond donors (Lipinski definition) is 0. The van der Waals surface area contributed by atoms with E-state index in [9.17, 15) is 22.4 Å². The number of amides is 1. The van der Waals surface area contributed by atoms with Gasteiger partial charge in [0.1, 0.15) is 11.6 Å². The van der Waals surface area contributed by atoms with E-state index in [2.05, 4.69) is 0 Å². The summed E-state index contributed by atoms with van der Waals surface area (Å²) in [4.78, 5) is 13.6. The van der Waals surface area contributed by atoms with Gasteiger partial charge in [0.25, 0.3) is 5.91 Å². The predicted octanol–water partition coefficient (Wildman–Crippen LogP) is 4.06. The van der Waals surface area contributed by atoms with Crippen molar-refractivity contribution in [3.8, 4) is 5.75 Å². The highest BCUT2D eigenvalue weighted by Crippen LogP contribution is 2.30. The van der Waals surface area contributed by atoms with Crippen LogP contribution in [-0.2, 0) is 9.31 Å². The fourth-order valence-electron chi connectivity index (χ4n) is 2.52. The van der Waals surface area contributed by atoms with Gasteiger partial charge in [-0.3, -0.25) is 4.79 Å². The van der Waals surface area contributed by atoms with Crippen LogP contribution in [0, 0.1) is 5.82 Å². The highest BCUT2D eigenvalue weighted by molar-refractivity contribution is 6.61. The van der Waals surface area contributed by atoms with E-state index >= 15 is 0 Å². The number of benzene rings is 2. The molecule has 0 saturated carbocycles. The van der Waals surface area contributed by atoms with E-state index in [-0.39, 0.29) is 17.0 Å². The smallest absolute Gasteiger partial charge is 0.482 e. The Morgan fingerprint density at radius 1 is 1.07 bits per heavy atom. The molecule has 0 unspecified atom stereocenters. The third-order valence-electron chi connectivity index (χ3n) is 3.85. The molecule has 0 heterocycles. The van der Waals surface area contributed by atoms with E-state index in [4.69, 9.17) is 14.0 Å². The van der Waals surface area contributed by atoms with Crippen LogP contribution in [0.1, 0.15) is 24.2 Å². The Balaban J connectivity index is 0.00000218. The van der Waals surface area contributed by atoms with Crippen molar-refractivity contribution in [3.63, 3.8) is 0 Å². The molecule has 0 radical (unpaired) electrons. The van der Waals surface area contributed by atoms with Crippen LogP contribution in [0.4, 0.5) is 23.2 Å². The zero-order chi connectivity index (χ0) is 22.9. The molecule has 0 aliphatic carbocycles. The maximum atomic E-state index is 13.9. The molecule has 0 fully saturated rings. The van der Waals surface area contributed by atoms with Crippen molar-refractivity contribution in [2.45, 2.75) is 20.0 Å². The van der Waals surface area contributed by atoms with Crippen molar-refractivity contribution in [2.24, 2.45) is 0 Å². The standard InChI is InChI=1S/C18H18BF4NO4.C2H6/c1-24(17(25)13-6-4-5-7-14(13)20)15-9-8-12(19(26-2)27-3)10-16(15)28-11-18(21,22)23;1-2/h4-10H,11H2,1-3H3;1-2H3. The van der Waals surface area contributed by atoms with Crippen molar-refractivity contribution in [2.75, 3.05) is 32.8 Å². The highest BCUT2D eigenvalue weighted by Gasteiger charge is 2.30. The van der Waals surface area contributed by atoms with Crippen LogP contribution in [0.25, 0.3) is 0 Å². The first-order valence-corrected chi connectivity index (χ1v) is 9.09. The van der Waals surface area contributed by atoms with Crippen LogP contribution in [0.15, 0.2) is 42.5 Å². The molecule has 0 N–H and O–H groups in total. The van der Waals surface area contributed by atoms with Crippen LogP contribution >= 0.6 is 0 Å². The van der Waals surface area contributed by atoms with Gasteiger partial charge < -0.3 is 18.9 Å². The summed E-state index contributed by atoms with van der Waals surface area (Å²) < 4.78 is 66.9. The van der Waals surface area contributed by atoms with Crippen molar-refractivity contribution >= 4 is 24.2 Å². The number of hydrogen-bond acceptors (Lipinski definition) is 4. The Kier molecular flexibility index (Phi) is 9.81. The molecule has 0 saturated heterocycles. The molecule has 164 valence electrons. The Bertz CT molecular complexity index is 829. The van der Waals surface area contributed by atoms with Gasteiger partial charge in [-0.25, -0.2) is 4.39 Å². The number of alkyl halides is 3. The number of halogens is 4. The molecule has 2 rings (SSSR count). The Labute approximate surface area is 173 Å². The third-order valence-corrected chi connectivity index (χ3v) is 3.85. The fraction of sp³-hybridized carbons (Fsp3) is 0.350. The molecule has 1 amide bonds. The second kappa shape index (κ2) is 11.6. The van der Waals surface area contributed by atoms with Crippen molar-refractivity contribution in [3.05, 3.63) is 53.8 Å².